The van der Waals surface area contributed by atoms with Crippen LogP contribution in [0.2, 0.25) is 0 Å². The number of carbonyl (C=O) groups is 2. The lowest BCUT2D eigenvalue weighted by atomic mass is 9.47. The van der Waals surface area contributed by atoms with Gasteiger partial charge in [0.15, 0.2) is 5.78 Å². The predicted molar refractivity (Wildman–Crippen MR) is 84.7 cm³/mol. The van der Waals surface area contributed by atoms with Crippen molar-refractivity contribution >= 4 is 11.8 Å². The highest BCUT2D eigenvalue weighted by Gasteiger charge is 2.73. The van der Waals surface area contributed by atoms with E-state index in [-0.39, 0.29) is 17.1 Å². The molecule has 3 fully saturated rings. The number of carboxylic acid groups (broad SMARTS) is 1. The quantitative estimate of drug-likeness (QED) is 0.779. The minimum absolute atomic E-state index is 0.123. The van der Waals surface area contributed by atoms with E-state index in [9.17, 15) is 19.8 Å². The minimum Gasteiger partial charge on any atom is -0.481 e. The fourth-order valence-electron chi connectivity index (χ4n) is 6.88. The van der Waals surface area contributed by atoms with Crippen LogP contribution in [-0.2, 0) is 9.59 Å². The molecule has 0 bridgehead atoms. The fraction of sp³-hybridized carbons (Fsp3) is 0.789. The molecule has 0 radical (unpaired) electrons. The first-order valence-corrected chi connectivity index (χ1v) is 8.91. The molecular weight excluding hydrogens is 292 g/mol. The molecule has 4 rings (SSSR count). The second-order valence-electron chi connectivity index (χ2n) is 8.77. The van der Waals surface area contributed by atoms with E-state index in [1.54, 1.807) is 6.08 Å². The van der Waals surface area contributed by atoms with Crippen LogP contribution in [0.15, 0.2) is 11.6 Å². The SMILES string of the molecule is C[C@]12C[C@@]3(C(=O)O)[C@@H](CCC4=CC(=O)CC[C@@]43C)[C@@H]1CC[C@@H]2O. The molecule has 126 valence electrons. The molecule has 23 heavy (non-hydrogen) atoms. The van der Waals surface area contributed by atoms with Gasteiger partial charge in [-0.15, -0.1) is 0 Å². The summed E-state index contributed by atoms with van der Waals surface area (Å²) >= 11 is 0. The molecule has 0 heterocycles. The highest BCUT2D eigenvalue weighted by atomic mass is 16.4. The number of ketones is 1. The lowest BCUT2D eigenvalue weighted by Crippen LogP contribution is -2.54. The summed E-state index contributed by atoms with van der Waals surface area (Å²) in [6.45, 7) is 4.17. The Morgan fingerprint density at radius 2 is 1.91 bits per heavy atom. The van der Waals surface area contributed by atoms with Crippen LogP contribution in [0.5, 0.6) is 0 Å². The van der Waals surface area contributed by atoms with Crippen LogP contribution in [0.25, 0.3) is 0 Å². The Morgan fingerprint density at radius 1 is 1.17 bits per heavy atom. The van der Waals surface area contributed by atoms with E-state index in [1.165, 1.54) is 0 Å². The van der Waals surface area contributed by atoms with Gasteiger partial charge < -0.3 is 10.2 Å². The van der Waals surface area contributed by atoms with E-state index < -0.39 is 22.9 Å². The van der Waals surface area contributed by atoms with E-state index in [1.807, 2.05) is 0 Å². The van der Waals surface area contributed by atoms with Crippen molar-refractivity contribution in [3.8, 4) is 0 Å². The van der Waals surface area contributed by atoms with Crippen LogP contribution in [0.3, 0.4) is 0 Å². The number of carbonyl (C=O) groups excluding carboxylic acids is 1. The Hall–Kier alpha value is -1.16. The van der Waals surface area contributed by atoms with Crippen LogP contribution in [-0.4, -0.2) is 28.1 Å². The number of rotatable bonds is 1. The Morgan fingerprint density at radius 3 is 2.61 bits per heavy atom. The summed E-state index contributed by atoms with van der Waals surface area (Å²) in [5.74, 6) is -0.157. The van der Waals surface area contributed by atoms with Gasteiger partial charge in [-0.3, -0.25) is 9.59 Å². The largest absolute Gasteiger partial charge is 0.481 e. The number of allylic oxidation sites excluding steroid dienone is 2. The highest BCUT2D eigenvalue weighted by Crippen LogP contribution is 2.74. The van der Waals surface area contributed by atoms with Gasteiger partial charge in [-0.2, -0.15) is 0 Å². The Labute approximate surface area is 137 Å². The zero-order chi connectivity index (χ0) is 16.6. The van der Waals surface area contributed by atoms with Crippen LogP contribution in [0.1, 0.15) is 58.8 Å². The molecule has 3 saturated carbocycles. The molecule has 4 heteroatoms. The number of hydrogen-bond acceptors (Lipinski definition) is 3. The molecule has 0 spiro atoms. The number of aliphatic hydroxyl groups excluding tert-OH is 1. The predicted octanol–water partition coefficient (Wildman–Crippen LogP) is 2.94. The topological polar surface area (TPSA) is 74.6 Å². The molecular formula is C19H26O4. The van der Waals surface area contributed by atoms with Gasteiger partial charge in [-0.05, 0) is 61.9 Å². The average molecular weight is 318 g/mol. The summed E-state index contributed by atoms with van der Waals surface area (Å²) in [5, 5.41) is 20.9. The van der Waals surface area contributed by atoms with Gasteiger partial charge in [-0.25, -0.2) is 0 Å². The molecule has 0 aromatic heterocycles. The second-order valence-corrected chi connectivity index (χ2v) is 8.77. The highest BCUT2D eigenvalue weighted by molar-refractivity contribution is 5.92. The summed E-state index contributed by atoms with van der Waals surface area (Å²) in [6.07, 6.45) is 6.39. The second kappa shape index (κ2) is 4.47. The van der Waals surface area contributed by atoms with Crippen molar-refractivity contribution in [2.24, 2.45) is 28.1 Å². The van der Waals surface area contributed by atoms with Crippen molar-refractivity contribution in [2.75, 3.05) is 0 Å². The summed E-state index contributed by atoms with van der Waals surface area (Å²) in [5.41, 5.74) is -0.505. The maximum atomic E-state index is 12.6. The van der Waals surface area contributed by atoms with E-state index in [4.69, 9.17) is 0 Å². The van der Waals surface area contributed by atoms with Gasteiger partial charge in [-0.1, -0.05) is 19.4 Å². The summed E-state index contributed by atoms with van der Waals surface area (Å²) in [7, 11) is 0. The zero-order valence-corrected chi connectivity index (χ0v) is 14.0. The van der Waals surface area contributed by atoms with E-state index >= 15 is 0 Å². The van der Waals surface area contributed by atoms with E-state index in [2.05, 4.69) is 13.8 Å². The summed E-state index contributed by atoms with van der Waals surface area (Å²) in [4.78, 5) is 24.5. The smallest absolute Gasteiger partial charge is 0.310 e. The third-order valence-corrected chi connectivity index (χ3v) is 8.14. The molecule has 0 aromatic carbocycles. The van der Waals surface area contributed by atoms with Crippen molar-refractivity contribution in [3.05, 3.63) is 11.6 Å². The molecule has 4 aliphatic carbocycles. The zero-order valence-electron chi connectivity index (χ0n) is 14.0. The molecule has 0 amide bonds. The van der Waals surface area contributed by atoms with E-state index in [0.717, 1.165) is 31.3 Å². The fourth-order valence-corrected chi connectivity index (χ4v) is 6.88. The first kappa shape index (κ1) is 15.4. The number of hydrogen-bond donors (Lipinski definition) is 2. The number of carboxylic acids is 1. The lowest BCUT2D eigenvalue weighted by molar-refractivity contribution is -0.166. The van der Waals surface area contributed by atoms with Gasteiger partial charge in [0.25, 0.3) is 0 Å². The number of aliphatic carboxylic acids is 1. The molecule has 4 nitrogen and oxygen atoms in total. The van der Waals surface area contributed by atoms with Crippen LogP contribution < -0.4 is 0 Å². The van der Waals surface area contributed by atoms with Gasteiger partial charge in [0, 0.05) is 11.8 Å². The van der Waals surface area contributed by atoms with Crippen molar-refractivity contribution in [1.82, 2.24) is 0 Å². The number of fused-ring (bicyclic) bond motifs is 5. The standard InChI is InChI=1S/C19H26O4/c1-17-10-19(16(22)23)14(13(17)5-6-15(17)21)4-3-11-9-12(20)7-8-18(11,19)2/h9,13-15,21H,3-8,10H2,1-2H3,(H,22,23)/t13-,14-,15-,17-,18-,19-/m0/s1. The maximum absolute atomic E-state index is 12.6. The van der Waals surface area contributed by atoms with Crippen molar-refractivity contribution < 1.29 is 19.8 Å². The monoisotopic (exact) mass is 318 g/mol. The molecule has 4 aliphatic rings. The first-order valence-electron chi connectivity index (χ1n) is 8.91. The van der Waals surface area contributed by atoms with E-state index in [0.29, 0.717) is 25.2 Å². The van der Waals surface area contributed by atoms with Crippen molar-refractivity contribution in [1.29, 1.82) is 0 Å². The Bertz CT molecular complexity index is 623. The Kier molecular flexibility index (Phi) is 2.99. The van der Waals surface area contributed by atoms with Gasteiger partial charge >= 0.3 is 5.97 Å². The maximum Gasteiger partial charge on any atom is 0.310 e. The van der Waals surface area contributed by atoms with Crippen LogP contribution in [0, 0.1) is 28.1 Å². The first-order chi connectivity index (χ1) is 10.8. The van der Waals surface area contributed by atoms with Crippen molar-refractivity contribution in [2.45, 2.75) is 64.9 Å². The third kappa shape index (κ3) is 1.61. The molecule has 0 aliphatic heterocycles. The van der Waals surface area contributed by atoms with Crippen LogP contribution in [0.4, 0.5) is 0 Å². The normalized spacial score (nSPS) is 51.7. The van der Waals surface area contributed by atoms with Gasteiger partial charge in [0.05, 0.1) is 11.5 Å². The molecule has 0 unspecified atom stereocenters. The molecule has 0 aromatic rings. The van der Waals surface area contributed by atoms with Gasteiger partial charge in [0.2, 0.25) is 0 Å². The van der Waals surface area contributed by atoms with Crippen molar-refractivity contribution in [3.63, 3.8) is 0 Å². The number of aliphatic hydroxyl groups is 1. The van der Waals surface area contributed by atoms with Crippen LogP contribution >= 0.6 is 0 Å². The lowest BCUT2D eigenvalue weighted by Gasteiger charge is -2.54. The molecule has 6 atom stereocenters. The average Bonchev–Trinajstić information content (AvgIpc) is 2.92. The minimum atomic E-state index is -0.821. The Balaban J connectivity index is 1.89. The summed E-state index contributed by atoms with van der Waals surface area (Å²) < 4.78 is 0. The van der Waals surface area contributed by atoms with Gasteiger partial charge in [0.1, 0.15) is 0 Å². The third-order valence-electron chi connectivity index (χ3n) is 8.14. The summed E-state index contributed by atoms with van der Waals surface area (Å²) in [6, 6.07) is 0. The molecule has 0 saturated heterocycles. The molecule has 2 N–H and O–H groups in total.